The van der Waals surface area contributed by atoms with Gasteiger partial charge in [0.1, 0.15) is 29.4 Å². The number of nitrogens with one attached hydrogen (secondary N) is 1. The Labute approximate surface area is 177 Å². The molecule has 1 N–H and O–H groups in total. The van der Waals surface area contributed by atoms with Crippen LogP contribution in [0.5, 0.6) is 11.6 Å². The zero-order valence-corrected chi connectivity index (χ0v) is 16.9. The molecule has 9 heteroatoms. The van der Waals surface area contributed by atoms with Gasteiger partial charge >= 0.3 is 0 Å². The average Bonchev–Trinajstić information content (AvgIpc) is 3.26. The normalized spacial score (nSPS) is 10.8. The van der Waals surface area contributed by atoms with Gasteiger partial charge in [-0.2, -0.15) is 0 Å². The van der Waals surface area contributed by atoms with Crippen LogP contribution in [0.25, 0.3) is 11.5 Å². The van der Waals surface area contributed by atoms with Gasteiger partial charge in [0, 0.05) is 18.3 Å². The highest BCUT2D eigenvalue weighted by Crippen LogP contribution is 2.24. The lowest BCUT2D eigenvalue weighted by Crippen LogP contribution is -2.15. The highest BCUT2D eigenvalue weighted by molar-refractivity contribution is 6.04. The standard InChI is InChI=1S/C22H19FN6O2/c1-14(2)29-13-25-28-21(29)18-6-5-7-19(26-18)27-22(30)16-12-15(9-10-17(16)23)31-20-8-3-4-11-24-20/h3-14H,1-2H3,(H,26,27,30). The number of ether oxygens (including phenoxy) is 1. The SMILES string of the molecule is CC(C)n1cnnc1-c1cccc(NC(=O)c2cc(Oc3ccccn3)ccc2F)n1. The number of halogens is 1. The van der Waals surface area contributed by atoms with Crippen molar-refractivity contribution < 1.29 is 13.9 Å². The summed E-state index contributed by atoms with van der Waals surface area (Å²) in [5, 5.41) is 10.7. The van der Waals surface area contributed by atoms with E-state index in [1.165, 1.54) is 18.2 Å². The molecule has 4 aromatic rings. The molecule has 0 aliphatic carbocycles. The Hall–Kier alpha value is -4.14. The number of rotatable bonds is 6. The summed E-state index contributed by atoms with van der Waals surface area (Å²) in [5.41, 5.74) is 0.364. The summed E-state index contributed by atoms with van der Waals surface area (Å²) >= 11 is 0. The van der Waals surface area contributed by atoms with Crippen LogP contribution in [0.4, 0.5) is 10.2 Å². The Morgan fingerprint density at radius 2 is 2.00 bits per heavy atom. The number of pyridine rings is 2. The first-order valence-electron chi connectivity index (χ1n) is 9.58. The Kier molecular flexibility index (Phi) is 5.65. The van der Waals surface area contributed by atoms with Crippen LogP contribution in [0, 0.1) is 5.82 Å². The minimum absolute atomic E-state index is 0.140. The zero-order valence-electron chi connectivity index (χ0n) is 16.9. The fraction of sp³-hybridized carbons (Fsp3) is 0.136. The first-order valence-corrected chi connectivity index (χ1v) is 9.58. The van der Waals surface area contributed by atoms with Gasteiger partial charge in [-0.3, -0.25) is 4.79 Å². The second kappa shape index (κ2) is 8.70. The van der Waals surface area contributed by atoms with Crippen molar-refractivity contribution in [2.45, 2.75) is 19.9 Å². The van der Waals surface area contributed by atoms with Gasteiger partial charge in [0.2, 0.25) is 5.88 Å². The van der Waals surface area contributed by atoms with Crippen molar-refractivity contribution in [2.24, 2.45) is 0 Å². The zero-order chi connectivity index (χ0) is 21.8. The van der Waals surface area contributed by atoms with Crippen LogP contribution in [-0.4, -0.2) is 30.6 Å². The maximum absolute atomic E-state index is 14.3. The molecule has 0 fully saturated rings. The van der Waals surface area contributed by atoms with E-state index in [9.17, 15) is 9.18 Å². The topological polar surface area (TPSA) is 94.8 Å². The molecule has 0 radical (unpaired) electrons. The highest BCUT2D eigenvalue weighted by atomic mass is 19.1. The van der Waals surface area contributed by atoms with Gasteiger partial charge in [-0.15, -0.1) is 10.2 Å². The molecular weight excluding hydrogens is 399 g/mol. The molecular formula is C22H19FN6O2. The third kappa shape index (κ3) is 4.55. The van der Waals surface area contributed by atoms with Crippen molar-refractivity contribution in [3.8, 4) is 23.1 Å². The first kappa shape index (κ1) is 20.1. The molecule has 0 unspecified atom stereocenters. The summed E-state index contributed by atoms with van der Waals surface area (Å²) in [7, 11) is 0. The van der Waals surface area contributed by atoms with Crippen LogP contribution in [0.15, 0.2) is 67.1 Å². The molecule has 0 aliphatic rings. The largest absolute Gasteiger partial charge is 0.439 e. The Morgan fingerprint density at radius 3 is 2.77 bits per heavy atom. The minimum Gasteiger partial charge on any atom is -0.439 e. The molecule has 1 aromatic carbocycles. The van der Waals surface area contributed by atoms with E-state index in [0.717, 1.165) is 0 Å². The second-order valence-corrected chi connectivity index (χ2v) is 6.93. The van der Waals surface area contributed by atoms with Crippen LogP contribution in [-0.2, 0) is 0 Å². The third-order valence-electron chi connectivity index (χ3n) is 4.39. The molecule has 156 valence electrons. The minimum atomic E-state index is -0.679. The number of carbonyl (C=O) groups is 1. The lowest BCUT2D eigenvalue weighted by Gasteiger charge is -2.11. The quantitative estimate of drug-likeness (QED) is 0.495. The van der Waals surface area contributed by atoms with Crippen LogP contribution in [0.2, 0.25) is 0 Å². The fourth-order valence-electron chi connectivity index (χ4n) is 2.89. The van der Waals surface area contributed by atoms with Gasteiger partial charge in [0.15, 0.2) is 5.82 Å². The summed E-state index contributed by atoms with van der Waals surface area (Å²) in [6.45, 7) is 4.00. The second-order valence-electron chi connectivity index (χ2n) is 6.93. The van der Waals surface area contributed by atoms with Crippen molar-refractivity contribution in [3.05, 3.63) is 78.5 Å². The van der Waals surface area contributed by atoms with Gasteiger partial charge in [-0.25, -0.2) is 14.4 Å². The van der Waals surface area contributed by atoms with Gasteiger partial charge in [0.25, 0.3) is 5.91 Å². The van der Waals surface area contributed by atoms with Crippen LogP contribution in [0.1, 0.15) is 30.2 Å². The van der Waals surface area contributed by atoms with Gasteiger partial charge in [-0.05, 0) is 50.2 Å². The Balaban J connectivity index is 1.56. The molecule has 3 heterocycles. The number of hydrogen-bond acceptors (Lipinski definition) is 6. The molecule has 1 amide bonds. The summed E-state index contributed by atoms with van der Waals surface area (Å²) in [5.74, 6) is 0.126. The molecule has 0 saturated heterocycles. The average molecular weight is 418 g/mol. The van der Waals surface area contributed by atoms with E-state index in [2.05, 4.69) is 25.5 Å². The first-order chi connectivity index (χ1) is 15.0. The number of amides is 1. The molecule has 0 aliphatic heterocycles. The molecule has 3 aromatic heterocycles. The van der Waals surface area contributed by atoms with Crippen molar-refractivity contribution in [1.29, 1.82) is 0 Å². The fourth-order valence-corrected chi connectivity index (χ4v) is 2.89. The number of carbonyl (C=O) groups excluding carboxylic acids is 1. The van der Waals surface area contributed by atoms with Gasteiger partial charge in [-0.1, -0.05) is 12.1 Å². The highest BCUT2D eigenvalue weighted by Gasteiger charge is 2.16. The number of hydrogen-bond donors (Lipinski definition) is 1. The predicted molar refractivity (Wildman–Crippen MR) is 112 cm³/mol. The molecule has 0 atom stereocenters. The molecule has 4 rings (SSSR count). The van der Waals surface area contributed by atoms with E-state index in [1.54, 1.807) is 48.9 Å². The van der Waals surface area contributed by atoms with Crippen LogP contribution in [0.3, 0.4) is 0 Å². The number of benzene rings is 1. The number of aromatic nitrogens is 5. The van der Waals surface area contributed by atoms with Crippen molar-refractivity contribution in [1.82, 2.24) is 24.7 Å². The monoisotopic (exact) mass is 418 g/mol. The lowest BCUT2D eigenvalue weighted by molar-refractivity contribution is 0.102. The molecule has 0 bridgehead atoms. The molecule has 31 heavy (non-hydrogen) atoms. The summed E-state index contributed by atoms with van der Waals surface area (Å²) in [6, 6.07) is 14.3. The maximum Gasteiger partial charge on any atom is 0.259 e. The van der Waals surface area contributed by atoms with Crippen LogP contribution < -0.4 is 10.1 Å². The smallest absolute Gasteiger partial charge is 0.259 e. The molecule has 8 nitrogen and oxygen atoms in total. The third-order valence-corrected chi connectivity index (χ3v) is 4.39. The van der Waals surface area contributed by atoms with E-state index in [1.807, 2.05) is 18.4 Å². The Bertz CT molecular complexity index is 1210. The van der Waals surface area contributed by atoms with Crippen molar-refractivity contribution in [3.63, 3.8) is 0 Å². The van der Waals surface area contributed by atoms with E-state index >= 15 is 0 Å². The predicted octanol–water partition coefficient (Wildman–Crippen LogP) is 4.50. The van der Waals surface area contributed by atoms with Gasteiger partial charge < -0.3 is 14.6 Å². The van der Waals surface area contributed by atoms with E-state index in [-0.39, 0.29) is 23.2 Å². The van der Waals surface area contributed by atoms with Gasteiger partial charge in [0.05, 0.1) is 5.56 Å². The number of nitrogens with zero attached hydrogens (tertiary/aromatic N) is 5. The summed E-state index contributed by atoms with van der Waals surface area (Å²) in [4.78, 5) is 21.2. The van der Waals surface area contributed by atoms with Crippen molar-refractivity contribution >= 4 is 11.7 Å². The van der Waals surface area contributed by atoms with E-state index in [4.69, 9.17) is 4.74 Å². The summed E-state index contributed by atoms with van der Waals surface area (Å²) in [6.07, 6.45) is 3.20. The Morgan fingerprint density at radius 1 is 1.13 bits per heavy atom. The molecule has 0 spiro atoms. The number of anilines is 1. The summed E-state index contributed by atoms with van der Waals surface area (Å²) < 4.78 is 21.8. The molecule has 0 saturated carbocycles. The maximum atomic E-state index is 14.3. The van der Waals surface area contributed by atoms with Crippen molar-refractivity contribution in [2.75, 3.05) is 5.32 Å². The lowest BCUT2D eigenvalue weighted by atomic mass is 10.2. The van der Waals surface area contributed by atoms with E-state index in [0.29, 0.717) is 17.4 Å². The van der Waals surface area contributed by atoms with Crippen LogP contribution >= 0.6 is 0 Å². The van der Waals surface area contributed by atoms with E-state index < -0.39 is 11.7 Å².